The fourth-order valence-electron chi connectivity index (χ4n) is 2.98. The van der Waals surface area contributed by atoms with Crippen LogP contribution in [0.4, 0.5) is 5.69 Å². The molecule has 1 aliphatic carbocycles. The van der Waals surface area contributed by atoms with Crippen LogP contribution in [0, 0.1) is 12.8 Å². The van der Waals surface area contributed by atoms with Gasteiger partial charge >= 0.3 is 0 Å². The number of rotatable bonds is 8. The van der Waals surface area contributed by atoms with Crippen LogP contribution < -0.4 is 10.2 Å². The number of nitrogens with one attached hydrogen (secondary N) is 1. The van der Waals surface area contributed by atoms with Crippen LogP contribution in [-0.4, -0.2) is 19.6 Å². The van der Waals surface area contributed by atoms with Crippen LogP contribution in [-0.2, 0) is 6.54 Å². The maximum Gasteiger partial charge on any atom is 0.0396 e. The molecule has 0 saturated heterocycles. The molecule has 0 amide bonds. The van der Waals surface area contributed by atoms with Gasteiger partial charge in [-0.05, 0) is 62.8 Å². The van der Waals surface area contributed by atoms with E-state index in [0.717, 1.165) is 25.6 Å². The summed E-state index contributed by atoms with van der Waals surface area (Å²) in [6.07, 6.45) is 5.48. The summed E-state index contributed by atoms with van der Waals surface area (Å²) in [6.45, 7) is 11.2. The molecule has 1 aliphatic rings. The number of benzene rings is 1. The van der Waals surface area contributed by atoms with Gasteiger partial charge in [-0.25, -0.2) is 0 Å². The lowest BCUT2D eigenvalue weighted by Crippen LogP contribution is -2.32. The predicted octanol–water partition coefficient (Wildman–Crippen LogP) is 4.12. The third kappa shape index (κ3) is 3.99. The van der Waals surface area contributed by atoms with E-state index in [1.807, 2.05) is 0 Å². The molecule has 112 valence electrons. The first kappa shape index (κ1) is 15.4. The highest BCUT2D eigenvalue weighted by Gasteiger charge is 2.20. The van der Waals surface area contributed by atoms with Crippen molar-refractivity contribution in [1.82, 2.24) is 5.32 Å². The number of hydrogen-bond acceptors (Lipinski definition) is 2. The predicted molar refractivity (Wildman–Crippen MR) is 88.4 cm³/mol. The Hall–Kier alpha value is -1.02. The second-order valence-electron chi connectivity index (χ2n) is 6.13. The SMILES string of the molecule is CCCNCc1ccc(N(CC)CC2CCC2)c(C)c1. The fourth-order valence-corrected chi connectivity index (χ4v) is 2.98. The number of hydrogen-bond donors (Lipinski definition) is 1. The Bertz CT molecular complexity index is 410. The lowest BCUT2D eigenvalue weighted by Gasteiger charge is -2.34. The highest BCUT2D eigenvalue weighted by Crippen LogP contribution is 2.30. The van der Waals surface area contributed by atoms with Crippen molar-refractivity contribution in [2.75, 3.05) is 24.5 Å². The van der Waals surface area contributed by atoms with Gasteiger partial charge in [-0.3, -0.25) is 0 Å². The monoisotopic (exact) mass is 274 g/mol. The minimum Gasteiger partial charge on any atom is -0.371 e. The summed E-state index contributed by atoms with van der Waals surface area (Å²) < 4.78 is 0. The molecule has 1 N–H and O–H groups in total. The molecule has 0 spiro atoms. The maximum atomic E-state index is 3.48. The van der Waals surface area contributed by atoms with Crippen LogP contribution in [0.1, 0.15) is 50.7 Å². The number of nitrogens with zero attached hydrogens (tertiary/aromatic N) is 1. The van der Waals surface area contributed by atoms with Crippen molar-refractivity contribution in [3.63, 3.8) is 0 Å². The standard InChI is InChI=1S/C18H30N2/c1-4-11-19-13-17-9-10-18(15(3)12-17)20(5-2)14-16-7-6-8-16/h9-10,12,16,19H,4-8,11,13-14H2,1-3H3. The molecular weight excluding hydrogens is 244 g/mol. The lowest BCUT2D eigenvalue weighted by atomic mass is 9.85. The van der Waals surface area contributed by atoms with E-state index in [0.29, 0.717) is 0 Å². The van der Waals surface area contributed by atoms with Crippen LogP contribution in [0.3, 0.4) is 0 Å². The molecule has 0 bridgehead atoms. The van der Waals surface area contributed by atoms with Gasteiger partial charge in [-0.1, -0.05) is 25.5 Å². The zero-order chi connectivity index (χ0) is 14.4. The van der Waals surface area contributed by atoms with Gasteiger partial charge in [0.15, 0.2) is 0 Å². The van der Waals surface area contributed by atoms with E-state index in [4.69, 9.17) is 0 Å². The highest BCUT2D eigenvalue weighted by molar-refractivity contribution is 5.54. The van der Waals surface area contributed by atoms with Gasteiger partial charge in [0, 0.05) is 25.3 Å². The van der Waals surface area contributed by atoms with Crippen LogP contribution in [0.15, 0.2) is 18.2 Å². The van der Waals surface area contributed by atoms with Crippen LogP contribution >= 0.6 is 0 Å². The molecule has 2 nitrogen and oxygen atoms in total. The molecule has 2 heteroatoms. The average Bonchev–Trinajstić information content (AvgIpc) is 2.39. The summed E-state index contributed by atoms with van der Waals surface area (Å²) in [5, 5.41) is 3.48. The second kappa shape index (κ2) is 7.68. The molecule has 20 heavy (non-hydrogen) atoms. The topological polar surface area (TPSA) is 15.3 Å². The molecule has 0 atom stereocenters. The minimum absolute atomic E-state index is 0.931. The van der Waals surface area contributed by atoms with Crippen LogP contribution in [0.2, 0.25) is 0 Å². The van der Waals surface area contributed by atoms with Crippen molar-refractivity contribution in [1.29, 1.82) is 0 Å². The zero-order valence-electron chi connectivity index (χ0n) is 13.4. The average molecular weight is 274 g/mol. The van der Waals surface area contributed by atoms with E-state index in [2.05, 4.69) is 49.2 Å². The maximum absolute atomic E-state index is 3.48. The van der Waals surface area contributed by atoms with Crippen LogP contribution in [0.5, 0.6) is 0 Å². The zero-order valence-corrected chi connectivity index (χ0v) is 13.4. The van der Waals surface area contributed by atoms with Gasteiger partial charge in [-0.15, -0.1) is 0 Å². The van der Waals surface area contributed by atoms with Gasteiger partial charge in [0.2, 0.25) is 0 Å². The van der Waals surface area contributed by atoms with E-state index in [1.165, 1.54) is 49.0 Å². The molecule has 0 heterocycles. The largest absolute Gasteiger partial charge is 0.371 e. The Labute approximate surface area is 124 Å². The van der Waals surface area contributed by atoms with E-state index in [-0.39, 0.29) is 0 Å². The van der Waals surface area contributed by atoms with E-state index in [9.17, 15) is 0 Å². The molecular formula is C18H30N2. The van der Waals surface area contributed by atoms with E-state index < -0.39 is 0 Å². The summed E-state index contributed by atoms with van der Waals surface area (Å²) in [5.74, 6) is 0.931. The van der Waals surface area contributed by atoms with E-state index in [1.54, 1.807) is 0 Å². The highest BCUT2D eigenvalue weighted by atomic mass is 15.1. The van der Waals surface area contributed by atoms with Crippen LogP contribution in [0.25, 0.3) is 0 Å². The van der Waals surface area contributed by atoms with Crippen molar-refractivity contribution in [3.8, 4) is 0 Å². The normalized spacial score (nSPS) is 15.2. The van der Waals surface area contributed by atoms with E-state index >= 15 is 0 Å². The second-order valence-corrected chi connectivity index (χ2v) is 6.13. The third-order valence-electron chi connectivity index (χ3n) is 4.44. The van der Waals surface area contributed by atoms with Crippen molar-refractivity contribution in [3.05, 3.63) is 29.3 Å². The Balaban J connectivity index is 1.98. The Morgan fingerprint density at radius 3 is 2.60 bits per heavy atom. The van der Waals surface area contributed by atoms with Crippen molar-refractivity contribution >= 4 is 5.69 Å². The smallest absolute Gasteiger partial charge is 0.0396 e. The molecule has 0 aliphatic heterocycles. The molecule has 1 aromatic carbocycles. The molecule has 2 rings (SSSR count). The summed E-state index contributed by atoms with van der Waals surface area (Å²) in [4.78, 5) is 2.56. The first-order chi connectivity index (χ1) is 9.74. The quantitative estimate of drug-likeness (QED) is 0.717. The lowest BCUT2D eigenvalue weighted by molar-refractivity contribution is 0.318. The Kier molecular flexibility index (Phi) is 5.90. The summed E-state index contributed by atoms with van der Waals surface area (Å²) in [7, 11) is 0. The third-order valence-corrected chi connectivity index (χ3v) is 4.44. The van der Waals surface area contributed by atoms with Gasteiger partial charge in [0.1, 0.15) is 0 Å². The first-order valence-electron chi connectivity index (χ1n) is 8.29. The molecule has 0 radical (unpaired) electrons. The van der Waals surface area contributed by atoms with Crippen molar-refractivity contribution < 1.29 is 0 Å². The van der Waals surface area contributed by atoms with Gasteiger partial charge < -0.3 is 10.2 Å². The molecule has 1 fully saturated rings. The summed E-state index contributed by atoms with van der Waals surface area (Å²) in [6, 6.07) is 6.95. The summed E-state index contributed by atoms with van der Waals surface area (Å²) in [5.41, 5.74) is 4.25. The fraction of sp³-hybridized carbons (Fsp3) is 0.667. The minimum atomic E-state index is 0.931. The van der Waals surface area contributed by atoms with Gasteiger partial charge in [0.25, 0.3) is 0 Å². The molecule has 1 aromatic rings. The number of aryl methyl sites for hydroxylation is 1. The van der Waals surface area contributed by atoms with Crippen molar-refractivity contribution in [2.24, 2.45) is 5.92 Å². The molecule has 1 saturated carbocycles. The molecule has 0 aromatic heterocycles. The van der Waals surface area contributed by atoms with Gasteiger partial charge in [-0.2, -0.15) is 0 Å². The first-order valence-corrected chi connectivity index (χ1v) is 8.29. The summed E-state index contributed by atoms with van der Waals surface area (Å²) >= 11 is 0. The molecule has 0 unspecified atom stereocenters. The Morgan fingerprint density at radius 2 is 2.05 bits per heavy atom. The van der Waals surface area contributed by atoms with Gasteiger partial charge in [0.05, 0.1) is 0 Å². The Morgan fingerprint density at radius 1 is 1.25 bits per heavy atom. The number of anilines is 1. The van der Waals surface area contributed by atoms with Crippen molar-refractivity contribution in [2.45, 2.75) is 53.0 Å².